The van der Waals surface area contributed by atoms with Gasteiger partial charge in [-0.2, -0.15) is 0 Å². The minimum Gasteiger partial charge on any atom is -0.368 e. The van der Waals surface area contributed by atoms with Crippen LogP contribution in [-0.4, -0.2) is 33.4 Å². The molecule has 5 nitrogen and oxygen atoms in total. The van der Waals surface area contributed by atoms with Gasteiger partial charge in [0.25, 0.3) is 5.91 Å². The normalized spacial score (nSPS) is 16.8. The summed E-state index contributed by atoms with van der Waals surface area (Å²) in [5.41, 5.74) is 8.81. The van der Waals surface area contributed by atoms with E-state index in [-0.39, 0.29) is 17.9 Å². The first-order valence-electron chi connectivity index (χ1n) is 8.15. The Morgan fingerprint density at radius 3 is 2.79 bits per heavy atom. The zero-order valence-corrected chi connectivity index (χ0v) is 14.2. The Balaban J connectivity index is 1.92. The van der Waals surface area contributed by atoms with E-state index in [2.05, 4.69) is 36.0 Å². The number of hydrogen-bond donors (Lipinski definition) is 1. The van der Waals surface area contributed by atoms with Gasteiger partial charge in [0, 0.05) is 23.4 Å². The van der Waals surface area contributed by atoms with Gasteiger partial charge in [-0.15, -0.1) is 0 Å². The van der Waals surface area contributed by atoms with E-state index in [9.17, 15) is 4.79 Å². The van der Waals surface area contributed by atoms with Crippen molar-refractivity contribution in [1.82, 2.24) is 14.9 Å². The van der Waals surface area contributed by atoms with Crippen LogP contribution < -0.4 is 5.73 Å². The summed E-state index contributed by atoms with van der Waals surface area (Å²) in [7, 11) is 0. The molecule has 0 radical (unpaired) electrons. The number of anilines is 1. The zero-order valence-electron chi connectivity index (χ0n) is 14.2. The van der Waals surface area contributed by atoms with E-state index >= 15 is 0 Å². The fourth-order valence-electron chi connectivity index (χ4n) is 3.06. The summed E-state index contributed by atoms with van der Waals surface area (Å²) in [6.45, 7) is 6.79. The van der Waals surface area contributed by atoms with Crippen molar-refractivity contribution >= 4 is 11.9 Å². The summed E-state index contributed by atoms with van der Waals surface area (Å²) in [6, 6.07) is 9.55. The molecule has 1 amide bonds. The molecule has 1 aliphatic rings. The molecule has 0 spiro atoms. The van der Waals surface area contributed by atoms with Crippen LogP contribution in [0.15, 0.2) is 42.5 Å². The first kappa shape index (κ1) is 16.2. The molecule has 5 heteroatoms. The van der Waals surface area contributed by atoms with E-state index in [4.69, 9.17) is 5.73 Å². The lowest BCUT2D eigenvalue weighted by Gasteiger charge is -2.27. The number of hydrogen-bond acceptors (Lipinski definition) is 4. The molecule has 3 rings (SSSR count). The highest BCUT2D eigenvalue weighted by Crippen LogP contribution is 2.24. The molecule has 0 aliphatic carbocycles. The predicted molar refractivity (Wildman–Crippen MR) is 95.4 cm³/mol. The van der Waals surface area contributed by atoms with Crippen LogP contribution in [0.4, 0.5) is 5.95 Å². The Morgan fingerprint density at radius 1 is 1.29 bits per heavy atom. The third-order valence-electron chi connectivity index (χ3n) is 4.22. The highest BCUT2D eigenvalue weighted by atomic mass is 16.2. The number of amides is 1. The molecule has 1 aromatic carbocycles. The van der Waals surface area contributed by atoms with Crippen LogP contribution in [0.25, 0.3) is 11.3 Å². The lowest BCUT2D eigenvalue weighted by atomic mass is 10.0. The van der Waals surface area contributed by atoms with Crippen molar-refractivity contribution in [3.05, 3.63) is 53.7 Å². The van der Waals surface area contributed by atoms with E-state index in [1.165, 1.54) is 0 Å². The van der Waals surface area contributed by atoms with E-state index in [0.29, 0.717) is 18.0 Å². The molecule has 0 unspecified atom stereocenters. The Hall–Kier alpha value is -2.69. The lowest BCUT2D eigenvalue weighted by molar-refractivity contribution is 0.0720. The minimum atomic E-state index is 0.0410. The van der Waals surface area contributed by atoms with Crippen molar-refractivity contribution in [2.45, 2.75) is 26.8 Å². The topological polar surface area (TPSA) is 72.1 Å². The van der Waals surface area contributed by atoms with Crippen LogP contribution >= 0.6 is 0 Å². The SMILES string of the molecule is Cc1cc(-c2cccc(C(=O)N3CC=C[C@@H]3C(C)C)c2)nc(N)n1. The first-order valence-corrected chi connectivity index (χ1v) is 8.15. The fourth-order valence-corrected chi connectivity index (χ4v) is 3.06. The average molecular weight is 322 g/mol. The molecule has 0 saturated carbocycles. The molecule has 1 aliphatic heterocycles. The molecule has 0 bridgehead atoms. The van der Waals surface area contributed by atoms with Crippen molar-refractivity contribution in [2.24, 2.45) is 5.92 Å². The van der Waals surface area contributed by atoms with Gasteiger partial charge in [-0.1, -0.05) is 38.1 Å². The van der Waals surface area contributed by atoms with Gasteiger partial charge >= 0.3 is 0 Å². The number of benzene rings is 1. The number of carbonyl (C=O) groups excluding carboxylic acids is 1. The summed E-state index contributed by atoms with van der Waals surface area (Å²) in [5.74, 6) is 0.671. The van der Waals surface area contributed by atoms with Crippen molar-refractivity contribution < 1.29 is 4.79 Å². The number of nitrogens with zero attached hydrogens (tertiary/aromatic N) is 3. The van der Waals surface area contributed by atoms with Gasteiger partial charge in [-0.3, -0.25) is 4.79 Å². The average Bonchev–Trinajstić information content (AvgIpc) is 3.03. The highest BCUT2D eigenvalue weighted by Gasteiger charge is 2.27. The third kappa shape index (κ3) is 3.15. The van der Waals surface area contributed by atoms with Gasteiger partial charge in [0.1, 0.15) is 0 Å². The van der Waals surface area contributed by atoms with Gasteiger partial charge in [0.2, 0.25) is 5.95 Å². The molecule has 24 heavy (non-hydrogen) atoms. The highest BCUT2D eigenvalue weighted by molar-refractivity contribution is 5.96. The maximum atomic E-state index is 12.9. The molecule has 1 aromatic heterocycles. The van der Waals surface area contributed by atoms with E-state index in [0.717, 1.165) is 17.0 Å². The second kappa shape index (κ2) is 6.43. The van der Waals surface area contributed by atoms with Crippen molar-refractivity contribution in [2.75, 3.05) is 12.3 Å². The predicted octanol–water partition coefficient (Wildman–Crippen LogP) is 3.07. The van der Waals surface area contributed by atoms with Gasteiger partial charge in [-0.25, -0.2) is 9.97 Å². The standard InChI is InChI=1S/C19H22N4O/c1-12(2)17-8-5-9-23(17)18(24)15-7-4-6-14(11-15)16-10-13(3)21-19(20)22-16/h4-8,10-12,17H,9H2,1-3H3,(H2,20,21,22)/t17-/m1/s1. The van der Waals surface area contributed by atoms with Crippen molar-refractivity contribution in [1.29, 1.82) is 0 Å². The first-order chi connectivity index (χ1) is 11.5. The van der Waals surface area contributed by atoms with Crippen molar-refractivity contribution in [3.63, 3.8) is 0 Å². The summed E-state index contributed by atoms with van der Waals surface area (Å²) < 4.78 is 0. The summed E-state index contributed by atoms with van der Waals surface area (Å²) >= 11 is 0. The second-order valence-electron chi connectivity index (χ2n) is 6.45. The number of nitrogen functional groups attached to an aromatic ring is 1. The van der Waals surface area contributed by atoms with Gasteiger partial charge in [0.15, 0.2) is 0 Å². The number of rotatable bonds is 3. The molecule has 1 atom stereocenters. The Bertz CT molecular complexity index is 777. The molecule has 0 saturated heterocycles. The molecular weight excluding hydrogens is 300 g/mol. The van der Waals surface area contributed by atoms with Gasteiger partial charge in [0.05, 0.1) is 11.7 Å². The fraction of sp³-hybridized carbons (Fsp3) is 0.316. The third-order valence-corrected chi connectivity index (χ3v) is 4.22. The van der Waals surface area contributed by atoms with E-state index in [1.54, 1.807) is 0 Å². The quantitative estimate of drug-likeness (QED) is 0.882. The Labute approximate surface area is 142 Å². The Kier molecular flexibility index (Phi) is 4.34. The summed E-state index contributed by atoms with van der Waals surface area (Å²) in [5, 5.41) is 0. The largest absolute Gasteiger partial charge is 0.368 e. The molecule has 2 heterocycles. The molecular formula is C19H22N4O. The molecule has 2 aromatic rings. The number of carbonyl (C=O) groups is 1. The van der Waals surface area contributed by atoms with Crippen LogP contribution in [0.1, 0.15) is 29.9 Å². The van der Waals surface area contributed by atoms with Crippen molar-refractivity contribution in [3.8, 4) is 11.3 Å². The summed E-state index contributed by atoms with van der Waals surface area (Å²) in [6.07, 6.45) is 4.17. The maximum absolute atomic E-state index is 12.9. The smallest absolute Gasteiger partial charge is 0.254 e. The molecule has 2 N–H and O–H groups in total. The van der Waals surface area contributed by atoms with E-state index < -0.39 is 0 Å². The lowest BCUT2D eigenvalue weighted by Crippen LogP contribution is -2.39. The minimum absolute atomic E-state index is 0.0410. The zero-order chi connectivity index (χ0) is 17.3. The van der Waals surface area contributed by atoms with E-state index in [1.807, 2.05) is 42.2 Å². The summed E-state index contributed by atoms with van der Waals surface area (Å²) in [4.78, 5) is 23.2. The number of aromatic nitrogens is 2. The van der Waals surface area contributed by atoms with Gasteiger partial charge in [-0.05, 0) is 31.0 Å². The molecule has 0 fully saturated rings. The Morgan fingerprint density at radius 2 is 2.08 bits per heavy atom. The van der Waals surface area contributed by atoms with Crippen LogP contribution in [0.2, 0.25) is 0 Å². The second-order valence-corrected chi connectivity index (χ2v) is 6.45. The molecule has 124 valence electrons. The van der Waals surface area contributed by atoms with Crippen LogP contribution in [0.5, 0.6) is 0 Å². The monoisotopic (exact) mass is 322 g/mol. The van der Waals surface area contributed by atoms with Gasteiger partial charge < -0.3 is 10.6 Å². The number of aryl methyl sites for hydroxylation is 1. The number of nitrogens with two attached hydrogens (primary N) is 1. The van der Waals surface area contributed by atoms with Crippen LogP contribution in [0.3, 0.4) is 0 Å². The van der Waals surface area contributed by atoms with Crippen LogP contribution in [0, 0.1) is 12.8 Å². The van der Waals surface area contributed by atoms with Crippen LogP contribution in [-0.2, 0) is 0 Å². The maximum Gasteiger partial charge on any atom is 0.254 e.